The van der Waals surface area contributed by atoms with E-state index in [-0.39, 0.29) is 39.7 Å². The van der Waals surface area contributed by atoms with Crippen LogP contribution in [0.15, 0.2) is 54.7 Å². The number of nitrogens with two attached hydrogens (primary N) is 1. The molecule has 1 fully saturated rings. The second-order valence-electron chi connectivity index (χ2n) is 10.9. The van der Waals surface area contributed by atoms with Crippen molar-refractivity contribution in [1.29, 1.82) is 0 Å². The van der Waals surface area contributed by atoms with Crippen LogP contribution in [0.5, 0.6) is 0 Å². The van der Waals surface area contributed by atoms with E-state index < -0.39 is 35.2 Å². The number of pyridine rings is 1. The summed E-state index contributed by atoms with van der Waals surface area (Å²) in [6.45, 7) is 6.43. The number of nitrogens with zero attached hydrogens (tertiary/aromatic N) is 2. The normalized spacial score (nSPS) is 21.6. The first kappa shape index (κ1) is 28.6. The Morgan fingerprint density at radius 1 is 1.16 bits per heavy atom. The SMILES string of the molecule is CC(C)(C)C[C@@H]1CN(C(=O)NCc2ccc(Cl)nc2)[C@H](c2cccc(Cl)c2F)[C@@]1(N)c1ccc(Cl)cc1F. The highest BCUT2D eigenvalue weighted by Crippen LogP contribution is 2.53. The van der Waals surface area contributed by atoms with Gasteiger partial charge in [0.15, 0.2) is 0 Å². The molecular formula is C28H29Cl3F2N4O. The van der Waals surface area contributed by atoms with E-state index in [1.54, 1.807) is 30.5 Å². The third-order valence-electron chi connectivity index (χ3n) is 6.88. The largest absolute Gasteiger partial charge is 0.334 e. The number of carbonyl (C=O) groups is 1. The van der Waals surface area contributed by atoms with Gasteiger partial charge in [-0.25, -0.2) is 18.6 Å². The Hall–Kier alpha value is -2.45. The molecule has 3 N–H and O–H groups in total. The summed E-state index contributed by atoms with van der Waals surface area (Å²) in [6.07, 6.45) is 2.09. The highest BCUT2D eigenvalue weighted by atomic mass is 35.5. The zero-order valence-electron chi connectivity index (χ0n) is 21.2. The van der Waals surface area contributed by atoms with Crippen molar-refractivity contribution in [3.8, 4) is 0 Å². The molecule has 10 heteroatoms. The molecule has 0 unspecified atom stereocenters. The van der Waals surface area contributed by atoms with Crippen molar-refractivity contribution in [2.45, 2.75) is 45.3 Å². The van der Waals surface area contributed by atoms with Gasteiger partial charge in [0.1, 0.15) is 16.8 Å². The molecule has 1 aromatic heterocycles. The van der Waals surface area contributed by atoms with Gasteiger partial charge in [0.05, 0.1) is 16.6 Å². The summed E-state index contributed by atoms with van der Waals surface area (Å²) in [5, 5.41) is 3.29. The number of nitrogens with one attached hydrogen (secondary N) is 1. The lowest BCUT2D eigenvalue weighted by atomic mass is 9.69. The predicted octanol–water partition coefficient (Wildman–Crippen LogP) is 7.49. The number of rotatable bonds is 5. The third-order valence-corrected chi connectivity index (χ3v) is 7.63. The maximum atomic E-state index is 15.6. The number of likely N-dealkylation sites (tertiary alicyclic amines) is 1. The Kier molecular flexibility index (Phi) is 8.24. The molecule has 202 valence electrons. The number of benzene rings is 2. The summed E-state index contributed by atoms with van der Waals surface area (Å²) in [5.74, 6) is -1.76. The minimum absolute atomic E-state index is 0.106. The topological polar surface area (TPSA) is 71.2 Å². The van der Waals surface area contributed by atoms with E-state index in [9.17, 15) is 4.79 Å². The van der Waals surface area contributed by atoms with Crippen LogP contribution in [0.3, 0.4) is 0 Å². The lowest BCUT2D eigenvalue weighted by molar-refractivity contribution is 0.173. The molecule has 1 aliphatic rings. The van der Waals surface area contributed by atoms with Gasteiger partial charge in [-0.15, -0.1) is 0 Å². The first-order valence-corrected chi connectivity index (χ1v) is 13.3. The molecule has 3 atom stereocenters. The molecule has 1 saturated heterocycles. The monoisotopic (exact) mass is 580 g/mol. The van der Waals surface area contributed by atoms with Crippen LogP contribution in [-0.2, 0) is 12.1 Å². The number of amides is 2. The van der Waals surface area contributed by atoms with E-state index in [0.29, 0.717) is 11.6 Å². The third kappa shape index (κ3) is 5.76. The van der Waals surface area contributed by atoms with Gasteiger partial charge >= 0.3 is 6.03 Å². The molecule has 0 aliphatic carbocycles. The van der Waals surface area contributed by atoms with Gasteiger partial charge in [-0.05, 0) is 41.7 Å². The smallest absolute Gasteiger partial charge is 0.318 e. The quantitative estimate of drug-likeness (QED) is 0.307. The van der Waals surface area contributed by atoms with Crippen LogP contribution in [0.1, 0.15) is 49.9 Å². The van der Waals surface area contributed by atoms with Crippen molar-refractivity contribution >= 4 is 40.8 Å². The Morgan fingerprint density at radius 3 is 2.53 bits per heavy atom. The van der Waals surface area contributed by atoms with Crippen molar-refractivity contribution < 1.29 is 13.6 Å². The van der Waals surface area contributed by atoms with Crippen molar-refractivity contribution in [1.82, 2.24) is 15.2 Å². The van der Waals surface area contributed by atoms with E-state index in [1.807, 2.05) is 20.8 Å². The van der Waals surface area contributed by atoms with E-state index in [1.165, 1.54) is 29.2 Å². The Labute approximate surface area is 236 Å². The predicted molar refractivity (Wildman–Crippen MR) is 147 cm³/mol. The van der Waals surface area contributed by atoms with Crippen LogP contribution in [0.25, 0.3) is 0 Å². The van der Waals surface area contributed by atoms with Gasteiger partial charge in [0, 0.05) is 41.4 Å². The molecule has 3 aromatic rings. The minimum Gasteiger partial charge on any atom is -0.334 e. The summed E-state index contributed by atoms with van der Waals surface area (Å²) in [4.78, 5) is 19.2. The number of hydrogen-bond acceptors (Lipinski definition) is 3. The van der Waals surface area contributed by atoms with Gasteiger partial charge in [0.2, 0.25) is 0 Å². The van der Waals surface area contributed by atoms with Crippen molar-refractivity contribution in [2.24, 2.45) is 17.1 Å². The molecule has 1 aliphatic heterocycles. The maximum absolute atomic E-state index is 15.6. The van der Waals surface area contributed by atoms with E-state index >= 15 is 8.78 Å². The Morgan fingerprint density at radius 2 is 1.89 bits per heavy atom. The van der Waals surface area contributed by atoms with E-state index in [4.69, 9.17) is 40.5 Å². The van der Waals surface area contributed by atoms with Crippen LogP contribution in [0.2, 0.25) is 15.2 Å². The summed E-state index contributed by atoms with van der Waals surface area (Å²) in [5.41, 5.74) is 6.45. The summed E-state index contributed by atoms with van der Waals surface area (Å²) in [7, 11) is 0. The molecule has 38 heavy (non-hydrogen) atoms. The van der Waals surface area contributed by atoms with Crippen LogP contribution in [0, 0.1) is 23.0 Å². The zero-order valence-corrected chi connectivity index (χ0v) is 23.5. The van der Waals surface area contributed by atoms with Crippen LogP contribution < -0.4 is 11.1 Å². The molecule has 2 heterocycles. The van der Waals surface area contributed by atoms with Crippen LogP contribution >= 0.6 is 34.8 Å². The van der Waals surface area contributed by atoms with E-state index in [0.717, 1.165) is 5.56 Å². The Balaban J connectivity index is 1.84. The standard InChI is InChI=1S/C28H29Cl3F2N4O/c1-27(2,3)12-17-15-37(26(38)36-14-16-7-10-23(31)35-13-16)25(19-5-4-6-21(30)24(19)33)28(17,34)20-9-8-18(29)11-22(20)32/h4-11,13,17,25H,12,14-15,34H2,1-3H3,(H,36,38)/t17-,25-,28+/m1/s1. The van der Waals surface area contributed by atoms with Gasteiger partial charge in [-0.2, -0.15) is 0 Å². The number of hydrogen-bond donors (Lipinski definition) is 2. The molecule has 0 spiro atoms. The minimum atomic E-state index is -1.49. The van der Waals surface area contributed by atoms with Crippen LogP contribution in [0.4, 0.5) is 13.6 Å². The molecular weight excluding hydrogens is 553 g/mol. The maximum Gasteiger partial charge on any atom is 0.318 e. The molecule has 0 bridgehead atoms. The van der Waals surface area contributed by atoms with Crippen molar-refractivity contribution in [3.63, 3.8) is 0 Å². The van der Waals surface area contributed by atoms with Gasteiger partial charge in [0.25, 0.3) is 0 Å². The average molecular weight is 582 g/mol. The second kappa shape index (κ2) is 11.0. The molecule has 4 rings (SSSR count). The second-order valence-corrected chi connectivity index (χ2v) is 12.1. The average Bonchev–Trinajstić information content (AvgIpc) is 3.11. The first-order valence-electron chi connectivity index (χ1n) is 12.1. The van der Waals surface area contributed by atoms with Gasteiger partial charge < -0.3 is 16.0 Å². The van der Waals surface area contributed by atoms with E-state index in [2.05, 4.69) is 10.3 Å². The van der Waals surface area contributed by atoms with Crippen molar-refractivity contribution in [2.75, 3.05) is 6.54 Å². The molecule has 0 radical (unpaired) electrons. The number of urea groups is 1. The fraction of sp³-hybridized carbons (Fsp3) is 0.357. The lowest BCUT2D eigenvalue weighted by Crippen LogP contribution is -2.50. The molecule has 2 aromatic carbocycles. The highest BCUT2D eigenvalue weighted by Gasteiger charge is 2.57. The fourth-order valence-corrected chi connectivity index (χ4v) is 5.76. The molecule has 2 amide bonds. The zero-order chi connectivity index (χ0) is 27.8. The Bertz CT molecular complexity index is 1330. The number of aromatic nitrogens is 1. The number of halogens is 5. The van der Waals surface area contributed by atoms with Crippen LogP contribution in [-0.4, -0.2) is 22.5 Å². The van der Waals surface area contributed by atoms with Gasteiger partial charge in [-0.1, -0.05) is 79.8 Å². The summed E-state index contributed by atoms with van der Waals surface area (Å²) >= 11 is 18.1. The number of carbonyl (C=O) groups excluding carboxylic acids is 1. The summed E-state index contributed by atoms with van der Waals surface area (Å²) in [6, 6.07) is 10.6. The lowest BCUT2D eigenvalue weighted by Gasteiger charge is -2.40. The fourth-order valence-electron chi connectivity index (χ4n) is 5.30. The first-order chi connectivity index (χ1) is 17.8. The molecule has 0 saturated carbocycles. The van der Waals surface area contributed by atoms with Crippen molar-refractivity contribution in [3.05, 3.63) is 98.3 Å². The highest BCUT2D eigenvalue weighted by molar-refractivity contribution is 6.31. The molecule has 5 nitrogen and oxygen atoms in total. The van der Waals surface area contributed by atoms with Gasteiger partial charge in [-0.3, -0.25) is 0 Å². The summed E-state index contributed by atoms with van der Waals surface area (Å²) < 4.78 is 31.1.